The molecule has 1 fully saturated rings. The fraction of sp³-hybridized carbons (Fsp3) is 0.471. The highest BCUT2D eigenvalue weighted by Gasteiger charge is 2.32. The lowest BCUT2D eigenvalue weighted by atomic mass is 10.0. The minimum Gasteiger partial charge on any atom is -0.339 e. The molecule has 0 unspecified atom stereocenters. The van der Waals surface area contributed by atoms with Crippen molar-refractivity contribution in [3.8, 4) is 0 Å². The van der Waals surface area contributed by atoms with Crippen LogP contribution in [-0.4, -0.2) is 52.5 Å². The van der Waals surface area contributed by atoms with Crippen molar-refractivity contribution in [2.45, 2.75) is 26.3 Å². The maximum atomic E-state index is 12.6. The average molecular weight is 314 g/mol. The highest BCUT2D eigenvalue weighted by Crippen LogP contribution is 2.23. The van der Waals surface area contributed by atoms with Crippen LogP contribution in [0.5, 0.6) is 0 Å². The highest BCUT2D eigenvalue weighted by atomic mass is 16.5. The van der Waals surface area contributed by atoms with Gasteiger partial charge in [-0.15, -0.1) is 0 Å². The van der Waals surface area contributed by atoms with Crippen molar-refractivity contribution in [2.75, 3.05) is 26.7 Å². The van der Waals surface area contributed by atoms with Crippen molar-refractivity contribution in [2.24, 2.45) is 0 Å². The number of carbonyl (C=O) groups excluding carboxylic acids is 1. The monoisotopic (exact) mass is 314 g/mol. The fourth-order valence-electron chi connectivity index (χ4n) is 2.90. The summed E-state index contributed by atoms with van der Waals surface area (Å²) in [6.45, 7) is 5.95. The maximum Gasteiger partial charge on any atom is 0.245 e. The number of carbonyl (C=O) groups is 1. The van der Waals surface area contributed by atoms with Gasteiger partial charge >= 0.3 is 0 Å². The Kier molecular flexibility index (Phi) is 4.43. The first-order chi connectivity index (χ1) is 11.0. The van der Waals surface area contributed by atoms with Gasteiger partial charge in [0.2, 0.25) is 11.8 Å². The summed E-state index contributed by atoms with van der Waals surface area (Å²) in [5, 5.41) is 3.86. The van der Waals surface area contributed by atoms with Gasteiger partial charge in [0.05, 0.1) is 6.42 Å². The number of rotatable bonds is 3. The van der Waals surface area contributed by atoms with Gasteiger partial charge in [-0.2, -0.15) is 4.98 Å². The fourth-order valence-corrected chi connectivity index (χ4v) is 2.90. The zero-order chi connectivity index (χ0) is 16.4. The predicted molar refractivity (Wildman–Crippen MR) is 85.9 cm³/mol. The van der Waals surface area contributed by atoms with Gasteiger partial charge in [0.1, 0.15) is 6.04 Å². The third-order valence-corrected chi connectivity index (χ3v) is 4.43. The first-order valence-corrected chi connectivity index (χ1v) is 7.87. The summed E-state index contributed by atoms with van der Waals surface area (Å²) in [7, 11) is 2.02. The van der Waals surface area contributed by atoms with Gasteiger partial charge in [0.25, 0.3) is 0 Å². The van der Waals surface area contributed by atoms with E-state index in [1.807, 2.05) is 43.1 Å². The van der Waals surface area contributed by atoms with Gasteiger partial charge < -0.3 is 9.42 Å². The van der Waals surface area contributed by atoms with E-state index >= 15 is 0 Å². The van der Waals surface area contributed by atoms with Crippen LogP contribution in [0.25, 0.3) is 0 Å². The maximum absolute atomic E-state index is 12.6. The van der Waals surface area contributed by atoms with Gasteiger partial charge in [0.15, 0.2) is 5.82 Å². The van der Waals surface area contributed by atoms with Crippen molar-refractivity contribution in [3.63, 3.8) is 0 Å². The standard InChI is InChI=1S/C17H22N4O2/c1-12-6-4-5-7-14(12)10-16(22)21-9-8-20(3)15(11-21)17-18-13(2)19-23-17/h4-7,15H,8-11H2,1-3H3/t15-/m0/s1. The molecule has 0 bridgehead atoms. The first-order valence-electron chi connectivity index (χ1n) is 7.87. The van der Waals surface area contributed by atoms with Crippen LogP contribution >= 0.6 is 0 Å². The molecule has 1 aromatic heterocycles. The van der Waals surface area contributed by atoms with Crippen molar-refractivity contribution < 1.29 is 9.32 Å². The lowest BCUT2D eigenvalue weighted by molar-refractivity contribution is -0.133. The molecule has 2 aromatic rings. The molecule has 1 atom stereocenters. The quantitative estimate of drug-likeness (QED) is 0.863. The molecule has 0 spiro atoms. The Morgan fingerprint density at radius 2 is 2.09 bits per heavy atom. The van der Waals surface area contributed by atoms with Crippen LogP contribution < -0.4 is 0 Å². The van der Waals surface area contributed by atoms with E-state index in [-0.39, 0.29) is 11.9 Å². The van der Waals surface area contributed by atoms with Crippen LogP contribution in [0.4, 0.5) is 0 Å². The number of hydrogen-bond acceptors (Lipinski definition) is 5. The number of aryl methyl sites for hydroxylation is 2. The number of aromatic nitrogens is 2. The molecule has 1 saturated heterocycles. The molecule has 0 N–H and O–H groups in total. The number of hydrogen-bond donors (Lipinski definition) is 0. The van der Waals surface area contributed by atoms with E-state index in [0.717, 1.165) is 24.2 Å². The van der Waals surface area contributed by atoms with E-state index in [9.17, 15) is 4.79 Å². The summed E-state index contributed by atoms with van der Waals surface area (Å²) in [6.07, 6.45) is 0.436. The van der Waals surface area contributed by atoms with Crippen molar-refractivity contribution >= 4 is 5.91 Å². The van der Waals surface area contributed by atoms with Gasteiger partial charge in [-0.3, -0.25) is 9.69 Å². The van der Waals surface area contributed by atoms with E-state index in [1.165, 1.54) is 0 Å². The zero-order valence-electron chi connectivity index (χ0n) is 13.8. The zero-order valence-corrected chi connectivity index (χ0v) is 13.8. The Morgan fingerprint density at radius 1 is 1.30 bits per heavy atom. The van der Waals surface area contributed by atoms with Crippen molar-refractivity contribution in [1.29, 1.82) is 0 Å². The molecule has 0 aliphatic carbocycles. The molecular formula is C17H22N4O2. The topological polar surface area (TPSA) is 62.5 Å². The summed E-state index contributed by atoms with van der Waals surface area (Å²) < 4.78 is 5.30. The molecule has 6 nitrogen and oxygen atoms in total. The SMILES string of the molecule is Cc1noc([C@@H]2CN(C(=O)Cc3ccccc3C)CCN2C)n1. The molecule has 1 amide bonds. The van der Waals surface area contributed by atoms with Crippen molar-refractivity contribution in [1.82, 2.24) is 19.9 Å². The smallest absolute Gasteiger partial charge is 0.245 e. The summed E-state index contributed by atoms with van der Waals surface area (Å²) >= 11 is 0. The number of benzene rings is 1. The Hall–Kier alpha value is -2.21. The third-order valence-electron chi connectivity index (χ3n) is 4.43. The lowest BCUT2D eigenvalue weighted by Gasteiger charge is -2.37. The molecule has 2 heterocycles. The molecule has 0 radical (unpaired) electrons. The third kappa shape index (κ3) is 3.42. The highest BCUT2D eigenvalue weighted by molar-refractivity contribution is 5.79. The summed E-state index contributed by atoms with van der Waals surface area (Å²) in [4.78, 5) is 21.0. The van der Waals surface area contributed by atoms with Crippen LogP contribution in [0.15, 0.2) is 28.8 Å². The number of likely N-dealkylation sites (N-methyl/N-ethyl adjacent to an activating group) is 1. The number of nitrogens with zero attached hydrogens (tertiary/aromatic N) is 4. The van der Waals surface area contributed by atoms with E-state index in [0.29, 0.717) is 24.7 Å². The molecular weight excluding hydrogens is 292 g/mol. The second kappa shape index (κ2) is 6.50. The summed E-state index contributed by atoms with van der Waals surface area (Å²) in [5.74, 6) is 1.35. The normalized spacial score (nSPS) is 19.1. The van der Waals surface area contributed by atoms with E-state index in [1.54, 1.807) is 6.92 Å². The Balaban J connectivity index is 1.71. The molecule has 3 rings (SSSR count). The molecule has 122 valence electrons. The number of piperazine rings is 1. The van der Waals surface area contributed by atoms with Gasteiger partial charge in [-0.25, -0.2) is 0 Å². The molecule has 1 aliphatic heterocycles. The van der Waals surface area contributed by atoms with E-state index < -0.39 is 0 Å². The molecule has 1 aromatic carbocycles. The largest absolute Gasteiger partial charge is 0.339 e. The van der Waals surface area contributed by atoms with Gasteiger partial charge in [-0.1, -0.05) is 29.4 Å². The second-order valence-corrected chi connectivity index (χ2v) is 6.12. The van der Waals surface area contributed by atoms with Crippen LogP contribution in [0.2, 0.25) is 0 Å². The molecule has 0 saturated carbocycles. The predicted octanol–water partition coefficient (Wildman–Crippen LogP) is 1.74. The van der Waals surface area contributed by atoms with E-state index in [2.05, 4.69) is 15.0 Å². The molecule has 6 heteroatoms. The van der Waals surface area contributed by atoms with Crippen molar-refractivity contribution in [3.05, 3.63) is 47.1 Å². The van der Waals surface area contributed by atoms with Crippen LogP contribution in [0.3, 0.4) is 0 Å². The summed E-state index contributed by atoms with van der Waals surface area (Å²) in [5.41, 5.74) is 2.24. The lowest BCUT2D eigenvalue weighted by Crippen LogP contribution is -2.49. The van der Waals surface area contributed by atoms with Gasteiger partial charge in [-0.05, 0) is 32.0 Å². The molecule has 23 heavy (non-hydrogen) atoms. The second-order valence-electron chi connectivity index (χ2n) is 6.12. The van der Waals surface area contributed by atoms with Crippen LogP contribution in [-0.2, 0) is 11.2 Å². The van der Waals surface area contributed by atoms with Gasteiger partial charge in [0, 0.05) is 19.6 Å². The minimum atomic E-state index is -0.0363. The Labute approximate surface area is 136 Å². The van der Waals surface area contributed by atoms with E-state index in [4.69, 9.17) is 4.52 Å². The minimum absolute atomic E-state index is 0.0363. The Bertz CT molecular complexity index is 697. The average Bonchev–Trinajstić information content (AvgIpc) is 2.96. The number of amides is 1. The summed E-state index contributed by atoms with van der Waals surface area (Å²) in [6, 6.07) is 7.99. The Morgan fingerprint density at radius 3 is 2.78 bits per heavy atom. The van der Waals surface area contributed by atoms with Crippen LogP contribution in [0.1, 0.15) is 28.9 Å². The first kappa shape index (κ1) is 15.7. The molecule has 1 aliphatic rings. The van der Waals surface area contributed by atoms with Crippen LogP contribution in [0, 0.1) is 13.8 Å².